The summed E-state index contributed by atoms with van der Waals surface area (Å²) in [5.74, 6) is 0.868. The Labute approximate surface area is 96.9 Å². The minimum atomic E-state index is -1.19. The van der Waals surface area contributed by atoms with Gasteiger partial charge in [0.05, 0.1) is 18.4 Å². The molecule has 0 saturated carbocycles. The van der Waals surface area contributed by atoms with Crippen LogP contribution in [0.15, 0.2) is 46.5 Å². The van der Waals surface area contributed by atoms with Crippen molar-refractivity contribution in [2.45, 2.75) is 17.1 Å². The molecule has 0 aliphatic heterocycles. The van der Waals surface area contributed by atoms with E-state index < -0.39 is 4.93 Å². The minimum absolute atomic E-state index is 0.000703. The van der Waals surface area contributed by atoms with E-state index in [2.05, 4.69) is 0 Å². The molecule has 0 spiro atoms. The maximum absolute atomic E-state index is 10.1. The van der Waals surface area contributed by atoms with Gasteiger partial charge in [-0.2, -0.15) is 0 Å². The Morgan fingerprint density at radius 1 is 1.44 bits per heavy atom. The van der Waals surface area contributed by atoms with Crippen LogP contribution in [0.25, 0.3) is 0 Å². The van der Waals surface area contributed by atoms with E-state index in [1.807, 2.05) is 6.07 Å². The van der Waals surface area contributed by atoms with Crippen molar-refractivity contribution in [2.24, 2.45) is 0 Å². The van der Waals surface area contributed by atoms with Gasteiger partial charge < -0.3 is 19.7 Å². The molecule has 2 rings (SSSR count). The van der Waals surface area contributed by atoms with E-state index in [1.165, 1.54) is 23.9 Å². The average Bonchev–Trinajstić information content (AvgIpc) is 2.75. The second-order valence-corrected chi connectivity index (χ2v) is 4.84. The lowest BCUT2D eigenvalue weighted by atomic mass is 10.1. The van der Waals surface area contributed by atoms with Crippen molar-refractivity contribution in [1.29, 1.82) is 0 Å². The van der Waals surface area contributed by atoms with Gasteiger partial charge in [-0.3, -0.25) is 0 Å². The van der Waals surface area contributed by atoms with Gasteiger partial charge in [0.2, 0.25) is 0 Å². The van der Waals surface area contributed by atoms with E-state index in [0.29, 0.717) is 5.75 Å². The van der Waals surface area contributed by atoms with Crippen LogP contribution in [0.5, 0.6) is 0 Å². The first-order chi connectivity index (χ1) is 7.59. The Balaban J connectivity index is 1.98. The van der Waals surface area contributed by atoms with Crippen LogP contribution >= 0.6 is 11.8 Å². The highest BCUT2D eigenvalue weighted by molar-refractivity contribution is 7.99. The lowest BCUT2D eigenvalue weighted by Gasteiger charge is -2.25. The number of furan rings is 1. The van der Waals surface area contributed by atoms with Crippen LogP contribution in [0.3, 0.4) is 0 Å². The van der Waals surface area contributed by atoms with Crippen molar-refractivity contribution in [3.8, 4) is 0 Å². The number of thioether (sulfide) groups is 1. The number of aliphatic hydroxyl groups excluding tert-OH is 2. The predicted octanol–water partition coefficient (Wildman–Crippen LogP) is 2.49. The topological polar surface area (TPSA) is 73.8 Å². The average molecular weight is 240 g/mol. The van der Waals surface area contributed by atoms with Gasteiger partial charge in [-0.05, 0) is 24.3 Å². The zero-order valence-corrected chi connectivity index (χ0v) is 9.28. The summed E-state index contributed by atoms with van der Waals surface area (Å²) in [6.45, 7) is 0. The molecule has 1 aromatic heterocycles. The smallest absolute Gasteiger partial charge is 0.152 e. The molecule has 1 heterocycles. The predicted molar refractivity (Wildman–Crippen MR) is 61.0 cm³/mol. The third-order valence-electron chi connectivity index (χ3n) is 2.26. The summed E-state index contributed by atoms with van der Waals surface area (Å²) < 4.78 is 5.14. The van der Waals surface area contributed by atoms with E-state index in [0.717, 1.165) is 5.76 Å². The fourth-order valence-corrected chi connectivity index (χ4v) is 2.34. The summed E-state index contributed by atoms with van der Waals surface area (Å²) in [6, 6.07) is 3.59. The Bertz CT molecular complexity index is 421. The second kappa shape index (κ2) is 4.27. The molecule has 5 heteroatoms. The molecule has 0 radical (unpaired) electrons. The molecule has 0 fully saturated rings. The largest absolute Gasteiger partial charge is 0.508 e. The molecule has 0 saturated heterocycles. The first-order valence-electron chi connectivity index (χ1n) is 4.78. The molecule has 4 nitrogen and oxygen atoms in total. The molecule has 16 heavy (non-hydrogen) atoms. The van der Waals surface area contributed by atoms with Crippen molar-refractivity contribution < 1.29 is 19.7 Å². The molecule has 0 amide bonds. The molecule has 1 aliphatic rings. The second-order valence-electron chi connectivity index (χ2n) is 3.55. The molecule has 1 aliphatic carbocycles. The zero-order chi connectivity index (χ0) is 11.6. The van der Waals surface area contributed by atoms with Gasteiger partial charge in [0, 0.05) is 0 Å². The Hall–Kier alpha value is -1.33. The van der Waals surface area contributed by atoms with Crippen LogP contribution in [0.4, 0.5) is 0 Å². The molecule has 0 aromatic carbocycles. The first-order valence-corrected chi connectivity index (χ1v) is 5.77. The monoisotopic (exact) mass is 240 g/mol. The normalized spacial score (nSPS) is 25.1. The van der Waals surface area contributed by atoms with E-state index in [1.54, 1.807) is 12.3 Å². The standard InChI is InChI=1S/C11H12O4S/c12-9-3-4-11(14,6-10(9)13)16-7-8-2-1-5-15-8/h1-5,12-14H,6-7H2. The third kappa shape index (κ3) is 2.43. The lowest BCUT2D eigenvalue weighted by Crippen LogP contribution is -2.25. The van der Waals surface area contributed by atoms with Gasteiger partial charge in [0.25, 0.3) is 0 Å². The zero-order valence-electron chi connectivity index (χ0n) is 8.46. The van der Waals surface area contributed by atoms with Gasteiger partial charge in [0.15, 0.2) is 5.76 Å². The van der Waals surface area contributed by atoms with Gasteiger partial charge >= 0.3 is 0 Å². The molecule has 0 bridgehead atoms. The van der Waals surface area contributed by atoms with E-state index in [9.17, 15) is 10.2 Å². The fourth-order valence-electron chi connectivity index (χ4n) is 1.38. The SMILES string of the molecule is OC1=C(O)CC(O)(SCc2ccco2)C=C1. The van der Waals surface area contributed by atoms with Gasteiger partial charge in [-0.15, -0.1) is 11.8 Å². The lowest BCUT2D eigenvalue weighted by molar-refractivity contribution is 0.158. The van der Waals surface area contributed by atoms with Gasteiger partial charge in [-0.25, -0.2) is 0 Å². The number of aliphatic hydroxyl groups is 3. The first kappa shape index (κ1) is 11.2. The summed E-state index contributed by atoms with van der Waals surface area (Å²) >= 11 is 1.23. The van der Waals surface area contributed by atoms with Crippen LogP contribution in [0.2, 0.25) is 0 Å². The summed E-state index contributed by atoms with van der Waals surface area (Å²) in [5.41, 5.74) is 0. The summed E-state index contributed by atoms with van der Waals surface area (Å²) in [4.78, 5) is -1.19. The highest BCUT2D eigenvalue weighted by Crippen LogP contribution is 2.36. The Kier molecular flexibility index (Phi) is 2.98. The van der Waals surface area contributed by atoms with Crippen molar-refractivity contribution in [2.75, 3.05) is 0 Å². The van der Waals surface area contributed by atoms with Crippen LogP contribution < -0.4 is 0 Å². The number of hydrogen-bond acceptors (Lipinski definition) is 5. The maximum atomic E-state index is 10.1. The molecule has 1 aromatic rings. The van der Waals surface area contributed by atoms with E-state index in [4.69, 9.17) is 9.52 Å². The molecular formula is C11H12O4S. The van der Waals surface area contributed by atoms with Crippen molar-refractivity contribution in [3.63, 3.8) is 0 Å². The summed E-state index contributed by atoms with van der Waals surface area (Å²) in [7, 11) is 0. The van der Waals surface area contributed by atoms with Gasteiger partial charge in [0.1, 0.15) is 16.5 Å². The highest BCUT2D eigenvalue weighted by atomic mass is 32.2. The number of hydrogen-bond donors (Lipinski definition) is 3. The van der Waals surface area contributed by atoms with E-state index >= 15 is 0 Å². The van der Waals surface area contributed by atoms with Crippen LogP contribution in [0.1, 0.15) is 12.2 Å². The third-order valence-corrected chi connectivity index (χ3v) is 3.47. The summed E-state index contributed by atoms with van der Waals surface area (Å²) in [6.07, 6.45) is 4.34. The van der Waals surface area contributed by atoms with E-state index in [-0.39, 0.29) is 17.9 Å². The van der Waals surface area contributed by atoms with Crippen molar-refractivity contribution in [1.82, 2.24) is 0 Å². The maximum Gasteiger partial charge on any atom is 0.152 e. The number of rotatable bonds is 3. The summed E-state index contributed by atoms with van der Waals surface area (Å²) in [5, 5.41) is 28.6. The molecule has 1 atom stereocenters. The fraction of sp³-hybridized carbons (Fsp3) is 0.273. The van der Waals surface area contributed by atoms with Crippen LogP contribution in [-0.2, 0) is 5.75 Å². The minimum Gasteiger partial charge on any atom is -0.508 e. The molecule has 86 valence electrons. The molecular weight excluding hydrogens is 228 g/mol. The Morgan fingerprint density at radius 2 is 2.25 bits per heavy atom. The quantitative estimate of drug-likeness (QED) is 0.708. The van der Waals surface area contributed by atoms with Crippen molar-refractivity contribution >= 4 is 11.8 Å². The van der Waals surface area contributed by atoms with Crippen LogP contribution in [-0.4, -0.2) is 20.3 Å². The molecule has 3 N–H and O–H groups in total. The Morgan fingerprint density at radius 3 is 2.88 bits per heavy atom. The van der Waals surface area contributed by atoms with Crippen molar-refractivity contribution in [3.05, 3.63) is 47.8 Å². The highest BCUT2D eigenvalue weighted by Gasteiger charge is 2.30. The van der Waals surface area contributed by atoms with Crippen LogP contribution in [0, 0.1) is 0 Å². The molecule has 1 unspecified atom stereocenters. The van der Waals surface area contributed by atoms with Gasteiger partial charge in [-0.1, -0.05) is 0 Å². The number of allylic oxidation sites excluding steroid dienone is 1.